The molecule has 1 aliphatic rings. The number of rotatable bonds is 6. The number of Topliss-reactive ketones (excluding diaryl/α,β-unsaturated/α-hetero) is 1. The van der Waals surface area contributed by atoms with E-state index < -0.39 is 11.8 Å². The predicted octanol–water partition coefficient (Wildman–Crippen LogP) is 4.27. The number of hydrogen-bond donors (Lipinski definition) is 0. The molecule has 0 atom stereocenters. The van der Waals surface area contributed by atoms with Crippen molar-refractivity contribution in [2.45, 2.75) is 19.8 Å². The smallest absolute Gasteiger partial charge is 0.338 e. The van der Waals surface area contributed by atoms with Gasteiger partial charge in [0.15, 0.2) is 5.78 Å². The summed E-state index contributed by atoms with van der Waals surface area (Å²) in [5.41, 5.74) is 1.37. The first-order chi connectivity index (χ1) is 12.0. The van der Waals surface area contributed by atoms with Gasteiger partial charge in [-0.1, -0.05) is 6.07 Å². The maximum absolute atomic E-state index is 14.4. The summed E-state index contributed by atoms with van der Waals surface area (Å²) in [5, 5.41) is 0. The van der Waals surface area contributed by atoms with Gasteiger partial charge in [0.25, 0.3) is 0 Å². The SMILES string of the molecule is CCOC(=O)c1ccc(-c2cc(OC)ccc2F)c(C(=O)C2CC2)c1. The molecule has 130 valence electrons. The Kier molecular flexibility index (Phi) is 4.83. The number of carbonyl (C=O) groups excluding carboxylic acids is 2. The topological polar surface area (TPSA) is 52.6 Å². The van der Waals surface area contributed by atoms with Gasteiger partial charge in [-0.2, -0.15) is 0 Å². The zero-order valence-corrected chi connectivity index (χ0v) is 14.2. The number of esters is 1. The average molecular weight is 342 g/mol. The molecule has 0 saturated heterocycles. The Morgan fingerprint density at radius 2 is 1.88 bits per heavy atom. The molecule has 0 unspecified atom stereocenters. The highest BCUT2D eigenvalue weighted by atomic mass is 19.1. The van der Waals surface area contributed by atoms with Gasteiger partial charge in [-0.3, -0.25) is 4.79 Å². The minimum atomic E-state index is -0.495. The summed E-state index contributed by atoms with van der Waals surface area (Å²) in [7, 11) is 1.50. The van der Waals surface area contributed by atoms with Crippen LogP contribution in [0.4, 0.5) is 4.39 Å². The van der Waals surface area contributed by atoms with Crippen LogP contribution in [-0.2, 0) is 4.74 Å². The number of carbonyl (C=O) groups is 2. The maximum Gasteiger partial charge on any atom is 0.338 e. The molecule has 0 heterocycles. The van der Waals surface area contributed by atoms with Crippen molar-refractivity contribution in [2.75, 3.05) is 13.7 Å². The van der Waals surface area contributed by atoms with Gasteiger partial charge in [0.1, 0.15) is 11.6 Å². The lowest BCUT2D eigenvalue weighted by molar-refractivity contribution is 0.0526. The average Bonchev–Trinajstić information content (AvgIpc) is 3.46. The number of hydrogen-bond acceptors (Lipinski definition) is 4. The molecule has 0 spiro atoms. The van der Waals surface area contributed by atoms with E-state index in [1.807, 2.05) is 0 Å². The molecule has 1 saturated carbocycles. The van der Waals surface area contributed by atoms with Gasteiger partial charge in [0.2, 0.25) is 0 Å². The second kappa shape index (κ2) is 7.05. The highest BCUT2D eigenvalue weighted by Crippen LogP contribution is 2.37. The number of ketones is 1. The first-order valence-electron chi connectivity index (χ1n) is 8.24. The zero-order valence-electron chi connectivity index (χ0n) is 14.2. The molecule has 0 N–H and O–H groups in total. The molecule has 5 heteroatoms. The van der Waals surface area contributed by atoms with Crippen molar-refractivity contribution in [1.29, 1.82) is 0 Å². The van der Waals surface area contributed by atoms with Crippen molar-refractivity contribution in [2.24, 2.45) is 5.92 Å². The lowest BCUT2D eigenvalue weighted by Gasteiger charge is -2.13. The van der Waals surface area contributed by atoms with Crippen molar-refractivity contribution >= 4 is 11.8 Å². The molecule has 2 aromatic carbocycles. The molecular weight excluding hydrogens is 323 g/mol. The van der Waals surface area contributed by atoms with E-state index >= 15 is 0 Å². The van der Waals surface area contributed by atoms with Crippen LogP contribution in [0.5, 0.6) is 5.75 Å². The van der Waals surface area contributed by atoms with Crippen LogP contribution in [0.2, 0.25) is 0 Å². The highest BCUT2D eigenvalue weighted by molar-refractivity contribution is 6.06. The predicted molar refractivity (Wildman–Crippen MR) is 91.4 cm³/mol. The normalized spacial score (nSPS) is 13.4. The van der Waals surface area contributed by atoms with Gasteiger partial charge in [0, 0.05) is 17.0 Å². The summed E-state index contributed by atoms with van der Waals surface area (Å²) in [6.07, 6.45) is 1.64. The third-order valence-electron chi connectivity index (χ3n) is 4.21. The summed E-state index contributed by atoms with van der Waals surface area (Å²) >= 11 is 0. The summed E-state index contributed by atoms with van der Waals surface area (Å²) in [5.74, 6) is -0.566. The van der Waals surface area contributed by atoms with Gasteiger partial charge < -0.3 is 9.47 Å². The van der Waals surface area contributed by atoms with Crippen LogP contribution in [-0.4, -0.2) is 25.5 Å². The van der Waals surface area contributed by atoms with Crippen molar-refractivity contribution in [3.63, 3.8) is 0 Å². The van der Waals surface area contributed by atoms with Gasteiger partial charge in [0.05, 0.1) is 19.3 Å². The minimum absolute atomic E-state index is 0.0511. The molecule has 0 radical (unpaired) electrons. The molecule has 0 bridgehead atoms. The Bertz CT molecular complexity index is 824. The van der Waals surface area contributed by atoms with Crippen LogP contribution in [0, 0.1) is 11.7 Å². The van der Waals surface area contributed by atoms with Crippen molar-refractivity contribution in [1.82, 2.24) is 0 Å². The van der Waals surface area contributed by atoms with Gasteiger partial charge in [-0.25, -0.2) is 9.18 Å². The second-order valence-electron chi connectivity index (χ2n) is 5.97. The Labute approximate surface area is 145 Å². The van der Waals surface area contributed by atoms with E-state index in [2.05, 4.69) is 0 Å². The van der Waals surface area contributed by atoms with E-state index in [1.165, 1.54) is 25.3 Å². The van der Waals surface area contributed by atoms with E-state index in [4.69, 9.17) is 9.47 Å². The van der Waals surface area contributed by atoms with E-state index in [0.29, 0.717) is 16.9 Å². The van der Waals surface area contributed by atoms with Gasteiger partial charge in [-0.15, -0.1) is 0 Å². The molecule has 3 rings (SSSR count). The number of ether oxygens (including phenoxy) is 2. The molecule has 0 amide bonds. The lowest BCUT2D eigenvalue weighted by atomic mass is 9.93. The molecule has 1 aliphatic carbocycles. The Hall–Kier alpha value is -2.69. The fourth-order valence-corrected chi connectivity index (χ4v) is 2.73. The van der Waals surface area contributed by atoms with E-state index in [1.54, 1.807) is 25.1 Å². The largest absolute Gasteiger partial charge is 0.497 e. The zero-order chi connectivity index (χ0) is 18.0. The highest BCUT2D eigenvalue weighted by Gasteiger charge is 2.32. The third-order valence-corrected chi connectivity index (χ3v) is 4.21. The Morgan fingerprint density at radius 1 is 1.12 bits per heavy atom. The second-order valence-corrected chi connectivity index (χ2v) is 5.97. The van der Waals surface area contributed by atoms with Crippen LogP contribution in [0.25, 0.3) is 11.1 Å². The quantitative estimate of drug-likeness (QED) is 0.581. The van der Waals surface area contributed by atoms with Gasteiger partial charge in [-0.05, 0) is 55.7 Å². The molecule has 2 aromatic rings. The number of methoxy groups -OCH3 is 1. The van der Waals surface area contributed by atoms with Crippen LogP contribution in [0.15, 0.2) is 36.4 Å². The van der Waals surface area contributed by atoms with Crippen LogP contribution in [0.1, 0.15) is 40.5 Å². The van der Waals surface area contributed by atoms with E-state index in [0.717, 1.165) is 12.8 Å². The molecular formula is C20H19FO4. The fraction of sp³-hybridized carbons (Fsp3) is 0.300. The third kappa shape index (κ3) is 3.55. The van der Waals surface area contributed by atoms with Crippen molar-refractivity contribution in [3.8, 4) is 16.9 Å². The summed E-state index contributed by atoms with van der Waals surface area (Å²) in [4.78, 5) is 24.7. The molecule has 0 aromatic heterocycles. The summed E-state index contributed by atoms with van der Waals surface area (Å²) < 4.78 is 24.5. The van der Waals surface area contributed by atoms with Crippen LogP contribution < -0.4 is 4.74 Å². The standard InChI is InChI=1S/C20H19FO4/c1-3-25-20(23)13-6-8-15(17(10-13)19(22)12-4-5-12)16-11-14(24-2)7-9-18(16)21/h6-12H,3-5H2,1-2H3. The van der Waals surface area contributed by atoms with Crippen LogP contribution in [0.3, 0.4) is 0 Å². The van der Waals surface area contributed by atoms with E-state index in [9.17, 15) is 14.0 Å². The fourth-order valence-electron chi connectivity index (χ4n) is 2.73. The molecule has 4 nitrogen and oxygen atoms in total. The first-order valence-corrected chi connectivity index (χ1v) is 8.24. The molecule has 0 aliphatic heterocycles. The summed E-state index contributed by atoms with van der Waals surface area (Å²) in [6.45, 7) is 1.96. The minimum Gasteiger partial charge on any atom is -0.497 e. The summed E-state index contributed by atoms with van der Waals surface area (Å²) in [6, 6.07) is 9.04. The maximum atomic E-state index is 14.4. The van der Waals surface area contributed by atoms with E-state index in [-0.39, 0.29) is 29.4 Å². The Morgan fingerprint density at radius 3 is 2.52 bits per heavy atom. The monoisotopic (exact) mass is 342 g/mol. The van der Waals surface area contributed by atoms with Crippen molar-refractivity contribution in [3.05, 3.63) is 53.3 Å². The van der Waals surface area contributed by atoms with Crippen LogP contribution >= 0.6 is 0 Å². The number of halogens is 1. The van der Waals surface area contributed by atoms with Gasteiger partial charge >= 0.3 is 5.97 Å². The number of benzene rings is 2. The molecule has 25 heavy (non-hydrogen) atoms. The first kappa shape index (κ1) is 17.1. The van der Waals surface area contributed by atoms with Crippen molar-refractivity contribution < 1.29 is 23.5 Å². The Balaban J connectivity index is 2.12. The lowest BCUT2D eigenvalue weighted by Crippen LogP contribution is -2.09. The molecule has 1 fully saturated rings.